The van der Waals surface area contributed by atoms with E-state index in [1.165, 1.54) is 105 Å². The van der Waals surface area contributed by atoms with Gasteiger partial charge in [-0.25, -0.2) is 0 Å². The van der Waals surface area contributed by atoms with Crippen molar-refractivity contribution in [1.82, 2.24) is 0 Å². The fourth-order valence-electron chi connectivity index (χ4n) is 11.5. The van der Waals surface area contributed by atoms with Crippen LogP contribution in [0.5, 0.6) is 0 Å². The molecule has 0 aromatic heterocycles. The number of allylic oxidation sites excluding steroid dienone is 8. The third-order valence-corrected chi connectivity index (χ3v) is 14.8. The van der Waals surface area contributed by atoms with Gasteiger partial charge in [-0.05, 0) is 144 Å². The lowest BCUT2D eigenvalue weighted by Crippen LogP contribution is -2.30. The molecule has 0 radical (unpaired) electrons. The van der Waals surface area contributed by atoms with Crippen molar-refractivity contribution >= 4 is 72.0 Å². The number of fused-ring (bicyclic) bond motifs is 7. The summed E-state index contributed by atoms with van der Waals surface area (Å²) in [7, 11) is 0. The van der Waals surface area contributed by atoms with E-state index in [1.54, 1.807) is 0 Å². The van der Waals surface area contributed by atoms with Crippen LogP contribution in [0.15, 0.2) is 218 Å². The Morgan fingerprint density at radius 2 is 0.970 bits per heavy atom. The number of para-hydroxylation sites is 4. The Hall–Kier alpha value is -7.68. The van der Waals surface area contributed by atoms with Crippen LogP contribution in [-0.4, -0.2) is 0 Å². The third-order valence-electron chi connectivity index (χ3n) is 14.8. The molecule has 0 amide bonds. The average Bonchev–Trinajstić information content (AvgIpc) is 3.35. The molecule has 0 saturated carbocycles. The molecule has 0 unspecified atom stereocenters. The minimum absolute atomic E-state index is 0.151. The number of anilines is 6. The van der Waals surface area contributed by atoms with Crippen LogP contribution in [0.25, 0.3) is 49.0 Å². The number of rotatable bonds is 5. The number of nitrogens with zero attached hydrogens (tertiary/aromatic N) is 2. The van der Waals surface area contributed by atoms with Crippen LogP contribution in [0.4, 0.5) is 34.1 Å². The molecule has 12 rings (SSSR count). The Bertz CT molecular complexity index is 3490. The van der Waals surface area contributed by atoms with Crippen LogP contribution in [0, 0.1) is 0 Å². The fraction of sp³-hybridized carbons (Fsp3) is 0.125. The number of hydrogen-bond donors (Lipinski definition) is 0. The second-order valence-electron chi connectivity index (χ2n) is 19.3. The van der Waals surface area contributed by atoms with Gasteiger partial charge in [0.1, 0.15) is 0 Å². The Morgan fingerprint density at radius 1 is 0.470 bits per heavy atom. The molecule has 1 aliphatic carbocycles. The zero-order valence-electron chi connectivity index (χ0n) is 38.3. The first-order chi connectivity index (χ1) is 32.2. The molecule has 2 aliphatic heterocycles. The summed E-state index contributed by atoms with van der Waals surface area (Å²) in [4.78, 5) is 4.99. The first kappa shape index (κ1) is 39.9. The van der Waals surface area contributed by atoms with E-state index >= 15 is 0 Å². The Balaban J connectivity index is 1.19. The summed E-state index contributed by atoms with van der Waals surface area (Å²) in [5, 5.41) is 7.41. The van der Waals surface area contributed by atoms with Crippen molar-refractivity contribution < 1.29 is 0 Å². The summed E-state index contributed by atoms with van der Waals surface area (Å²) >= 11 is 0. The molecule has 0 spiro atoms. The molecule has 0 bridgehead atoms. The standard InChI is InChI=1S/C64H52N2/c1-42(34-35-43-20-7-6-8-21-43)61-49-38-36-46(66-59-32-17-13-28-55(59)64(4,5)56-29-14-18-33-60(56)66)41-52(49)62(48-25-19-23-44-22-9-10-24-47(44)48)50-39-37-45(40-51(50)61)65-57-30-15-11-26-53(57)63(2,3)54-27-12-16-31-58(54)65/h6-20,22-41H,21H2,1-5H3/b42-34+,43-35-. The second kappa shape index (κ2) is 15.2. The summed E-state index contributed by atoms with van der Waals surface area (Å²) in [6, 6.07) is 66.1. The molecule has 2 heterocycles. The van der Waals surface area contributed by atoms with E-state index < -0.39 is 0 Å². The maximum atomic E-state index is 2.50. The molecule has 0 saturated heterocycles. The van der Waals surface area contributed by atoms with Gasteiger partial charge in [0.15, 0.2) is 0 Å². The predicted molar refractivity (Wildman–Crippen MR) is 283 cm³/mol. The van der Waals surface area contributed by atoms with Crippen LogP contribution in [0.2, 0.25) is 0 Å². The zero-order valence-corrected chi connectivity index (χ0v) is 38.3. The van der Waals surface area contributed by atoms with Crippen LogP contribution in [0.3, 0.4) is 0 Å². The topological polar surface area (TPSA) is 6.48 Å². The highest BCUT2D eigenvalue weighted by molar-refractivity contribution is 6.22. The van der Waals surface area contributed by atoms with Crippen molar-refractivity contribution in [3.8, 4) is 11.1 Å². The summed E-state index contributed by atoms with van der Waals surface area (Å²) in [6.07, 6.45) is 14.3. The minimum atomic E-state index is -0.152. The fourth-order valence-corrected chi connectivity index (χ4v) is 11.5. The van der Waals surface area contributed by atoms with Crippen LogP contribution in [0.1, 0.15) is 68.9 Å². The lowest BCUT2D eigenvalue weighted by molar-refractivity contribution is 0.632. The van der Waals surface area contributed by atoms with Gasteiger partial charge in [-0.3, -0.25) is 0 Å². The maximum absolute atomic E-state index is 2.50. The normalized spacial score (nSPS) is 16.4. The van der Waals surface area contributed by atoms with Crippen molar-refractivity contribution in [2.45, 2.75) is 51.9 Å². The molecule has 0 fully saturated rings. The maximum Gasteiger partial charge on any atom is 0.0502 e. The predicted octanol–water partition coefficient (Wildman–Crippen LogP) is 17.9. The van der Waals surface area contributed by atoms with Gasteiger partial charge < -0.3 is 9.80 Å². The lowest BCUT2D eigenvalue weighted by atomic mass is 9.73. The molecule has 2 nitrogen and oxygen atoms in total. The Morgan fingerprint density at radius 3 is 1.53 bits per heavy atom. The van der Waals surface area contributed by atoms with E-state index in [2.05, 4.69) is 257 Å². The smallest absolute Gasteiger partial charge is 0.0502 e. The van der Waals surface area contributed by atoms with Gasteiger partial charge in [0.2, 0.25) is 0 Å². The molecule has 3 aliphatic rings. The summed E-state index contributed by atoms with van der Waals surface area (Å²) in [5.74, 6) is 0. The monoisotopic (exact) mass is 848 g/mol. The average molecular weight is 849 g/mol. The largest absolute Gasteiger partial charge is 0.310 e. The molecule has 9 aromatic carbocycles. The Kier molecular flexibility index (Phi) is 9.19. The number of benzene rings is 9. The van der Waals surface area contributed by atoms with Crippen LogP contribution >= 0.6 is 0 Å². The summed E-state index contributed by atoms with van der Waals surface area (Å²) < 4.78 is 0. The van der Waals surface area contributed by atoms with Crippen LogP contribution in [-0.2, 0) is 10.8 Å². The van der Waals surface area contributed by atoms with Crippen molar-refractivity contribution in [1.29, 1.82) is 0 Å². The van der Waals surface area contributed by atoms with Gasteiger partial charge in [0, 0.05) is 22.2 Å². The molecule has 0 N–H and O–H groups in total. The molecular weight excluding hydrogens is 797 g/mol. The van der Waals surface area contributed by atoms with Gasteiger partial charge in [-0.1, -0.05) is 192 Å². The molecule has 0 atom stereocenters. The van der Waals surface area contributed by atoms with Crippen molar-refractivity contribution in [3.05, 3.63) is 246 Å². The first-order valence-electron chi connectivity index (χ1n) is 23.4. The second-order valence-corrected chi connectivity index (χ2v) is 19.3. The molecule has 66 heavy (non-hydrogen) atoms. The van der Waals surface area contributed by atoms with Crippen LogP contribution < -0.4 is 9.80 Å². The molecular formula is C64H52N2. The molecule has 318 valence electrons. The SMILES string of the molecule is C/C(=C\C=C1\C=CC=CC1)c1c2cc(N3c4ccccc4C(C)(C)c4ccccc43)ccc2c(-c2cccc3ccccc23)c2cc(N3c4ccccc4C(C)(C)c4ccccc43)ccc12. The van der Waals surface area contributed by atoms with Gasteiger partial charge >= 0.3 is 0 Å². The van der Waals surface area contributed by atoms with Gasteiger partial charge in [0.25, 0.3) is 0 Å². The quantitative estimate of drug-likeness (QED) is 0.159. The lowest BCUT2D eigenvalue weighted by Gasteiger charge is -2.42. The van der Waals surface area contributed by atoms with E-state index in [0.29, 0.717) is 0 Å². The highest BCUT2D eigenvalue weighted by atomic mass is 15.2. The zero-order chi connectivity index (χ0) is 44.7. The van der Waals surface area contributed by atoms with E-state index in [0.717, 1.165) is 17.8 Å². The summed E-state index contributed by atoms with van der Waals surface area (Å²) in [5.41, 5.74) is 18.5. The highest BCUT2D eigenvalue weighted by Crippen LogP contribution is 2.55. The van der Waals surface area contributed by atoms with Crippen molar-refractivity contribution in [2.75, 3.05) is 9.80 Å². The van der Waals surface area contributed by atoms with E-state index in [-0.39, 0.29) is 10.8 Å². The highest BCUT2D eigenvalue weighted by Gasteiger charge is 2.38. The van der Waals surface area contributed by atoms with Gasteiger partial charge in [-0.15, -0.1) is 0 Å². The first-order valence-corrected chi connectivity index (χ1v) is 23.4. The third kappa shape index (κ3) is 6.08. The summed E-state index contributed by atoms with van der Waals surface area (Å²) in [6.45, 7) is 11.7. The van der Waals surface area contributed by atoms with Gasteiger partial charge in [0.05, 0.1) is 22.7 Å². The van der Waals surface area contributed by atoms with Crippen molar-refractivity contribution in [2.24, 2.45) is 0 Å². The Labute approximate surface area is 388 Å². The van der Waals surface area contributed by atoms with E-state index in [9.17, 15) is 0 Å². The van der Waals surface area contributed by atoms with E-state index in [4.69, 9.17) is 0 Å². The van der Waals surface area contributed by atoms with Crippen molar-refractivity contribution in [3.63, 3.8) is 0 Å². The molecule has 2 heteroatoms. The molecule has 9 aromatic rings. The number of hydrogen-bond acceptors (Lipinski definition) is 2. The minimum Gasteiger partial charge on any atom is -0.310 e. The van der Waals surface area contributed by atoms with E-state index in [1.807, 2.05) is 0 Å². The van der Waals surface area contributed by atoms with Gasteiger partial charge in [-0.2, -0.15) is 0 Å².